The highest BCUT2D eigenvalue weighted by Gasteiger charge is 2.46. The van der Waals surface area contributed by atoms with Gasteiger partial charge in [0.25, 0.3) is 0 Å². The molecule has 0 bridgehead atoms. The van der Waals surface area contributed by atoms with Gasteiger partial charge in [0.05, 0.1) is 42.5 Å². The monoisotopic (exact) mass is 614 g/mol. The minimum atomic E-state index is -3.55. The van der Waals surface area contributed by atoms with Crippen molar-refractivity contribution in [3.8, 4) is 11.5 Å². The lowest BCUT2D eigenvalue weighted by molar-refractivity contribution is 0.0283. The molecule has 0 radical (unpaired) electrons. The average Bonchev–Trinajstić information content (AvgIpc) is 3.37. The fraction of sp³-hybridized carbons (Fsp3) is 0.600. The average molecular weight is 615 g/mol. The van der Waals surface area contributed by atoms with Crippen molar-refractivity contribution in [1.82, 2.24) is 24.8 Å². The fourth-order valence-corrected chi connectivity index (χ4v) is 7.07. The second kappa shape index (κ2) is 12.0. The number of hydrogen-bond donors (Lipinski definition) is 1. The van der Waals surface area contributed by atoms with E-state index in [2.05, 4.69) is 16.8 Å². The van der Waals surface area contributed by atoms with Crippen LogP contribution in [0.5, 0.6) is 0 Å². The molecule has 3 aromatic heterocycles. The molecule has 12 nitrogen and oxygen atoms in total. The normalized spacial score (nSPS) is 19.4. The summed E-state index contributed by atoms with van der Waals surface area (Å²) < 4.78 is 42.3. The number of amides is 1. The van der Waals surface area contributed by atoms with Gasteiger partial charge in [-0.05, 0) is 58.2 Å². The lowest BCUT2D eigenvalue weighted by Gasteiger charge is -2.38. The van der Waals surface area contributed by atoms with E-state index in [1.54, 1.807) is 7.05 Å². The molecular formula is C30H42N6O6S. The molecule has 0 aliphatic carbocycles. The quantitative estimate of drug-likeness (QED) is 0.414. The molecule has 2 aliphatic heterocycles. The molecule has 5 rings (SSSR count). The molecule has 43 heavy (non-hydrogen) atoms. The third-order valence-corrected chi connectivity index (χ3v) is 10.1. The van der Waals surface area contributed by atoms with Crippen LogP contribution in [0.15, 0.2) is 24.3 Å². The molecule has 5 heterocycles. The number of pyridine rings is 1. The first-order valence-corrected chi connectivity index (χ1v) is 16.6. The Balaban J connectivity index is 1.55. The minimum absolute atomic E-state index is 0.109. The van der Waals surface area contributed by atoms with Gasteiger partial charge < -0.3 is 29.0 Å². The van der Waals surface area contributed by atoms with Crippen LogP contribution in [-0.4, -0.2) is 97.3 Å². The lowest BCUT2D eigenvalue weighted by Crippen LogP contribution is -2.46. The first kappa shape index (κ1) is 31.1. The zero-order valence-corrected chi connectivity index (χ0v) is 26.7. The van der Waals surface area contributed by atoms with E-state index in [1.165, 1.54) is 11.2 Å². The van der Waals surface area contributed by atoms with Crippen LogP contribution in [0.25, 0.3) is 22.6 Å². The van der Waals surface area contributed by atoms with Crippen LogP contribution in [0.1, 0.15) is 58.3 Å². The zero-order valence-electron chi connectivity index (χ0n) is 25.8. The highest BCUT2D eigenvalue weighted by atomic mass is 32.2. The number of morpholine rings is 1. The third kappa shape index (κ3) is 6.63. The number of aromatic amines is 1. The van der Waals surface area contributed by atoms with E-state index in [9.17, 15) is 13.2 Å². The van der Waals surface area contributed by atoms with E-state index >= 15 is 0 Å². The summed E-state index contributed by atoms with van der Waals surface area (Å²) >= 11 is 0. The summed E-state index contributed by atoms with van der Waals surface area (Å²) in [6.07, 6.45) is 2.36. The van der Waals surface area contributed by atoms with Crippen molar-refractivity contribution in [1.29, 1.82) is 0 Å². The van der Waals surface area contributed by atoms with E-state index in [1.807, 2.05) is 45.0 Å². The van der Waals surface area contributed by atoms with Crippen molar-refractivity contribution in [2.24, 2.45) is 0 Å². The van der Waals surface area contributed by atoms with Crippen LogP contribution in [0, 0.1) is 0 Å². The summed E-state index contributed by atoms with van der Waals surface area (Å²) in [4.78, 5) is 34.2. The molecule has 0 unspecified atom stereocenters. The summed E-state index contributed by atoms with van der Waals surface area (Å²) in [7, 11) is -1.87. The van der Waals surface area contributed by atoms with Gasteiger partial charge in [0.15, 0.2) is 15.7 Å². The van der Waals surface area contributed by atoms with E-state index in [0.29, 0.717) is 80.9 Å². The SMILES string of the molecule is CC[C@H]1COCCN1c1cc(C2(S(C)(=O)=O)CCOCC2)nc(-c2ccc3[nH]c(CN(C)C(=O)OC(C)(C)C)cc3n2)n1. The Labute approximate surface area is 253 Å². The Kier molecular flexibility index (Phi) is 8.70. The van der Waals surface area contributed by atoms with E-state index in [-0.39, 0.29) is 6.04 Å². The number of H-pyrrole nitrogens is 1. The maximum absolute atomic E-state index is 13.3. The van der Waals surface area contributed by atoms with Crippen LogP contribution in [0.2, 0.25) is 0 Å². The molecule has 1 atom stereocenters. The van der Waals surface area contributed by atoms with Gasteiger partial charge in [-0.2, -0.15) is 0 Å². The first-order valence-electron chi connectivity index (χ1n) is 14.7. The Morgan fingerprint density at radius 1 is 1.14 bits per heavy atom. The predicted octanol–water partition coefficient (Wildman–Crippen LogP) is 4.05. The summed E-state index contributed by atoms with van der Waals surface area (Å²) in [6.45, 7) is 10.4. The maximum Gasteiger partial charge on any atom is 0.410 e. The number of carbonyl (C=O) groups excluding carboxylic acids is 1. The van der Waals surface area contributed by atoms with Gasteiger partial charge in [-0.3, -0.25) is 0 Å². The second-order valence-corrected chi connectivity index (χ2v) is 14.7. The fourth-order valence-electron chi connectivity index (χ4n) is 5.68. The topological polar surface area (TPSA) is 140 Å². The van der Waals surface area contributed by atoms with Gasteiger partial charge >= 0.3 is 6.09 Å². The Hall–Kier alpha value is -3.29. The molecule has 1 amide bonds. The largest absolute Gasteiger partial charge is 0.444 e. The number of carbonyl (C=O) groups is 1. The van der Waals surface area contributed by atoms with Gasteiger partial charge in [0, 0.05) is 44.8 Å². The number of anilines is 1. The highest BCUT2D eigenvalue weighted by molar-refractivity contribution is 7.91. The number of sulfone groups is 1. The van der Waals surface area contributed by atoms with E-state index in [0.717, 1.165) is 17.6 Å². The number of aromatic nitrogens is 4. The predicted molar refractivity (Wildman–Crippen MR) is 164 cm³/mol. The minimum Gasteiger partial charge on any atom is -0.444 e. The van der Waals surface area contributed by atoms with Crippen molar-refractivity contribution in [2.45, 2.75) is 69.9 Å². The Morgan fingerprint density at radius 3 is 2.56 bits per heavy atom. The molecule has 3 aromatic rings. The first-order chi connectivity index (χ1) is 20.3. The van der Waals surface area contributed by atoms with Crippen molar-refractivity contribution in [3.05, 3.63) is 35.7 Å². The van der Waals surface area contributed by atoms with Gasteiger partial charge in [-0.15, -0.1) is 0 Å². The number of rotatable bonds is 7. The molecule has 0 spiro atoms. The van der Waals surface area contributed by atoms with Crippen LogP contribution >= 0.6 is 0 Å². The Morgan fingerprint density at radius 2 is 1.88 bits per heavy atom. The summed E-state index contributed by atoms with van der Waals surface area (Å²) in [5.74, 6) is 1.03. The van der Waals surface area contributed by atoms with Crippen LogP contribution in [0.4, 0.5) is 10.6 Å². The van der Waals surface area contributed by atoms with Gasteiger partial charge in [-0.25, -0.2) is 28.2 Å². The molecule has 2 fully saturated rings. The molecule has 2 saturated heterocycles. The second-order valence-electron chi connectivity index (χ2n) is 12.4. The molecule has 1 N–H and O–H groups in total. The van der Waals surface area contributed by atoms with Crippen molar-refractivity contribution in [3.63, 3.8) is 0 Å². The van der Waals surface area contributed by atoms with Crippen LogP contribution in [0.3, 0.4) is 0 Å². The molecule has 0 aromatic carbocycles. The van der Waals surface area contributed by atoms with Gasteiger partial charge in [0.1, 0.15) is 21.9 Å². The molecule has 2 aliphatic rings. The number of ether oxygens (including phenoxy) is 3. The summed E-state index contributed by atoms with van der Waals surface area (Å²) in [6, 6.07) is 7.56. The van der Waals surface area contributed by atoms with Crippen LogP contribution in [-0.2, 0) is 35.3 Å². The lowest BCUT2D eigenvalue weighted by atomic mass is 9.94. The van der Waals surface area contributed by atoms with Crippen molar-refractivity contribution >= 4 is 32.8 Å². The molecular weight excluding hydrogens is 572 g/mol. The Bertz CT molecular complexity index is 1580. The smallest absolute Gasteiger partial charge is 0.410 e. The van der Waals surface area contributed by atoms with Gasteiger partial charge in [0.2, 0.25) is 0 Å². The highest BCUT2D eigenvalue weighted by Crippen LogP contribution is 2.40. The molecule has 234 valence electrons. The molecule has 13 heteroatoms. The number of hydrogen-bond acceptors (Lipinski definition) is 10. The standard InChI is InChI=1S/C30H42N6O6S/c1-7-21-19-41-15-12-36(21)26-17-25(30(43(6,38)39)10-13-40-14-11-30)33-27(34-26)23-9-8-22-24(32-23)16-20(31-22)18-35(5)28(37)42-29(2,3)4/h8-9,16-17,21,31H,7,10-15,18-19H2,1-6H3/t21-/m0/s1. The number of nitrogens with zero attached hydrogens (tertiary/aromatic N) is 5. The zero-order chi connectivity index (χ0) is 31.0. The van der Waals surface area contributed by atoms with Crippen molar-refractivity contribution < 1.29 is 27.4 Å². The summed E-state index contributed by atoms with van der Waals surface area (Å²) in [5.41, 5.74) is 2.68. The number of nitrogens with one attached hydrogen (secondary N) is 1. The van der Waals surface area contributed by atoms with Crippen molar-refractivity contribution in [2.75, 3.05) is 51.2 Å². The maximum atomic E-state index is 13.3. The van der Waals surface area contributed by atoms with E-state index < -0.39 is 26.3 Å². The van der Waals surface area contributed by atoms with Gasteiger partial charge in [-0.1, -0.05) is 6.92 Å². The van der Waals surface area contributed by atoms with Crippen LogP contribution < -0.4 is 4.90 Å². The number of fused-ring (bicyclic) bond motifs is 1. The summed E-state index contributed by atoms with van der Waals surface area (Å²) in [5, 5.41) is 0. The molecule has 0 saturated carbocycles. The van der Waals surface area contributed by atoms with E-state index in [4.69, 9.17) is 29.2 Å². The third-order valence-electron chi connectivity index (χ3n) is 8.06.